The smallest absolute Gasteiger partial charge is 0.244 e. The highest BCUT2D eigenvalue weighted by atomic mass is 19.1. The standard InChI is InChI=1S/C19H24F2N8O2/c1-10-16-18(28(2)9-15(30)26-16)27-19(25-10)24-6-12(22)8-29(23)7-11-4-13(20)17(31-3)14(21)5-11/h4-5,8H,6-7,9,22-23H2,1-3H3,(H,26,30)(H,24,25,27)/b12-8-. The molecule has 6 N–H and O–H groups in total. The number of nitrogens with two attached hydrogens (primary N) is 2. The monoisotopic (exact) mass is 434 g/mol. The van der Waals surface area contributed by atoms with Gasteiger partial charge in [-0.05, 0) is 24.6 Å². The number of carbonyl (C=O) groups excluding carboxylic acids is 1. The van der Waals surface area contributed by atoms with E-state index in [1.54, 1.807) is 18.9 Å². The Balaban J connectivity index is 1.64. The molecule has 1 aromatic heterocycles. The van der Waals surface area contributed by atoms with Crippen molar-refractivity contribution in [1.29, 1.82) is 0 Å². The normalized spacial score (nSPS) is 13.5. The third-order valence-electron chi connectivity index (χ3n) is 4.49. The Bertz CT molecular complexity index is 1010. The Kier molecular flexibility index (Phi) is 6.39. The molecule has 0 saturated carbocycles. The first-order valence-corrected chi connectivity index (χ1v) is 9.30. The number of aromatic nitrogens is 2. The molecule has 1 amide bonds. The lowest BCUT2D eigenvalue weighted by atomic mass is 10.2. The summed E-state index contributed by atoms with van der Waals surface area (Å²) in [7, 11) is 2.95. The topological polar surface area (TPSA) is 135 Å². The highest BCUT2D eigenvalue weighted by molar-refractivity contribution is 6.00. The molecular formula is C19H24F2N8O2. The molecule has 12 heteroatoms. The first kappa shape index (κ1) is 22.0. The van der Waals surface area contributed by atoms with Crippen molar-refractivity contribution in [3.05, 3.63) is 46.9 Å². The Morgan fingerprint density at radius 3 is 2.71 bits per heavy atom. The maximum absolute atomic E-state index is 13.8. The summed E-state index contributed by atoms with van der Waals surface area (Å²) in [6, 6.07) is 2.28. The van der Waals surface area contributed by atoms with E-state index in [9.17, 15) is 13.6 Å². The number of likely N-dealkylation sites (N-methyl/N-ethyl adjacent to an activating group) is 1. The molecule has 0 aliphatic carbocycles. The molecule has 31 heavy (non-hydrogen) atoms. The number of methoxy groups -OCH3 is 1. The maximum atomic E-state index is 13.8. The molecule has 0 spiro atoms. The molecular weight excluding hydrogens is 410 g/mol. The van der Waals surface area contributed by atoms with Crippen molar-refractivity contribution in [3.8, 4) is 5.75 Å². The maximum Gasteiger partial charge on any atom is 0.244 e. The highest BCUT2D eigenvalue weighted by Crippen LogP contribution is 2.29. The number of aryl methyl sites for hydroxylation is 1. The van der Waals surface area contributed by atoms with E-state index in [1.807, 2.05) is 0 Å². The van der Waals surface area contributed by atoms with Crippen LogP contribution in [0.3, 0.4) is 0 Å². The first-order chi connectivity index (χ1) is 14.7. The van der Waals surface area contributed by atoms with Crippen molar-refractivity contribution >= 4 is 23.4 Å². The molecule has 0 radical (unpaired) electrons. The molecule has 3 rings (SSSR count). The van der Waals surface area contributed by atoms with E-state index < -0.39 is 17.4 Å². The van der Waals surface area contributed by atoms with Gasteiger partial charge in [-0.25, -0.2) is 19.6 Å². The lowest BCUT2D eigenvalue weighted by Crippen LogP contribution is -2.37. The van der Waals surface area contributed by atoms with Crippen LogP contribution in [0.2, 0.25) is 0 Å². The van der Waals surface area contributed by atoms with Gasteiger partial charge in [-0.1, -0.05) is 0 Å². The van der Waals surface area contributed by atoms with E-state index in [4.69, 9.17) is 11.6 Å². The third-order valence-corrected chi connectivity index (χ3v) is 4.49. The van der Waals surface area contributed by atoms with Gasteiger partial charge in [-0.3, -0.25) is 4.79 Å². The summed E-state index contributed by atoms with van der Waals surface area (Å²) in [6.45, 7) is 2.16. The number of nitrogens with zero attached hydrogens (tertiary/aromatic N) is 4. The molecule has 1 aromatic carbocycles. The predicted octanol–water partition coefficient (Wildman–Crippen LogP) is 1.05. The number of anilines is 3. The van der Waals surface area contributed by atoms with E-state index in [2.05, 4.69) is 25.3 Å². The van der Waals surface area contributed by atoms with Crippen LogP contribution in [-0.4, -0.2) is 48.1 Å². The SMILES string of the molecule is COc1c(F)cc(CN(N)/C=C(\N)CNc2nc(C)c3c(n2)N(C)CC(=O)N3)cc1F. The van der Waals surface area contributed by atoms with Gasteiger partial charge < -0.3 is 31.0 Å². The van der Waals surface area contributed by atoms with Gasteiger partial charge in [-0.2, -0.15) is 4.98 Å². The molecule has 0 atom stereocenters. The van der Waals surface area contributed by atoms with Crippen LogP contribution in [0, 0.1) is 18.6 Å². The molecule has 0 unspecified atom stereocenters. The average molecular weight is 434 g/mol. The number of benzene rings is 1. The molecule has 1 aliphatic heterocycles. The molecule has 0 saturated heterocycles. The summed E-state index contributed by atoms with van der Waals surface area (Å²) in [4.78, 5) is 22.1. The van der Waals surface area contributed by atoms with Crippen LogP contribution in [0.5, 0.6) is 5.75 Å². The summed E-state index contributed by atoms with van der Waals surface area (Å²) in [5.41, 5.74) is 7.83. The lowest BCUT2D eigenvalue weighted by molar-refractivity contribution is -0.115. The predicted molar refractivity (Wildman–Crippen MR) is 112 cm³/mol. The van der Waals surface area contributed by atoms with Crippen molar-refractivity contribution in [2.75, 3.05) is 42.8 Å². The van der Waals surface area contributed by atoms with Crippen LogP contribution in [0.1, 0.15) is 11.3 Å². The van der Waals surface area contributed by atoms with Gasteiger partial charge in [0.15, 0.2) is 23.2 Å². The van der Waals surface area contributed by atoms with Crippen molar-refractivity contribution in [3.63, 3.8) is 0 Å². The average Bonchev–Trinajstić information content (AvgIpc) is 2.67. The second-order valence-electron chi connectivity index (χ2n) is 7.06. The summed E-state index contributed by atoms with van der Waals surface area (Å²) in [5, 5.41) is 6.97. The largest absolute Gasteiger partial charge is 0.491 e. The van der Waals surface area contributed by atoms with E-state index in [0.29, 0.717) is 34.4 Å². The molecule has 1 aliphatic rings. The van der Waals surface area contributed by atoms with Crippen molar-refractivity contribution in [1.82, 2.24) is 15.0 Å². The van der Waals surface area contributed by atoms with Gasteiger partial charge in [0, 0.05) is 18.9 Å². The number of amides is 1. The van der Waals surface area contributed by atoms with Gasteiger partial charge in [0.2, 0.25) is 11.9 Å². The Morgan fingerprint density at radius 1 is 1.39 bits per heavy atom. The number of hydrogen-bond donors (Lipinski definition) is 4. The lowest BCUT2D eigenvalue weighted by Gasteiger charge is -2.27. The van der Waals surface area contributed by atoms with Gasteiger partial charge >= 0.3 is 0 Å². The number of rotatable bonds is 7. The van der Waals surface area contributed by atoms with E-state index in [0.717, 1.165) is 12.1 Å². The number of hydrazine groups is 1. The second-order valence-corrected chi connectivity index (χ2v) is 7.06. The van der Waals surface area contributed by atoms with Crippen LogP contribution in [0.4, 0.5) is 26.2 Å². The number of halogens is 2. The number of carbonyl (C=O) groups is 1. The van der Waals surface area contributed by atoms with E-state index in [1.165, 1.54) is 18.3 Å². The number of fused-ring (bicyclic) bond motifs is 1. The minimum atomic E-state index is -0.814. The van der Waals surface area contributed by atoms with Crippen molar-refractivity contribution in [2.24, 2.45) is 11.6 Å². The van der Waals surface area contributed by atoms with Crippen molar-refractivity contribution < 1.29 is 18.3 Å². The van der Waals surface area contributed by atoms with Crippen LogP contribution < -0.4 is 31.8 Å². The highest BCUT2D eigenvalue weighted by Gasteiger charge is 2.23. The molecule has 166 valence electrons. The molecule has 2 heterocycles. The van der Waals surface area contributed by atoms with Crippen LogP contribution in [-0.2, 0) is 11.3 Å². The van der Waals surface area contributed by atoms with Gasteiger partial charge in [-0.15, -0.1) is 0 Å². The summed E-state index contributed by atoms with van der Waals surface area (Å²) in [5.74, 6) is 4.61. The van der Waals surface area contributed by atoms with Crippen LogP contribution in [0.25, 0.3) is 0 Å². The minimum absolute atomic E-state index is 0.0253. The van der Waals surface area contributed by atoms with Gasteiger partial charge in [0.25, 0.3) is 0 Å². The first-order valence-electron chi connectivity index (χ1n) is 9.30. The van der Waals surface area contributed by atoms with E-state index in [-0.39, 0.29) is 25.5 Å². The fourth-order valence-electron chi connectivity index (χ4n) is 3.12. The number of ether oxygens (including phenoxy) is 1. The molecule has 0 fully saturated rings. The van der Waals surface area contributed by atoms with Gasteiger partial charge in [0.1, 0.15) is 5.69 Å². The van der Waals surface area contributed by atoms with Crippen molar-refractivity contribution in [2.45, 2.75) is 13.5 Å². The summed E-state index contributed by atoms with van der Waals surface area (Å²) in [6.07, 6.45) is 1.44. The fourth-order valence-corrected chi connectivity index (χ4v) is 3.12. The quantitative estimate of drug-likeness (QED) is 0.372. The number of nitrogens with one attached hydrogen (secondary N) is 2. The third kappa shape index (κ3) is 5.09. The Labute approximate surface area is 177 Å². The molecule has 2 aromatic rings. The minimum Gasteiger partial charge on any atom is -0.491 e. The zero-order valence-electron chi connectivity index (χ0n) is 17.4. The molecule has 0 bridgehead atoms. The Hall–Kier alpha value is -3.67. The van der Waals surface area contributed by atoms with Crippen LogP contribution in [0.15, 0.2) is 24.0 Å². The van der Waals surface area contributed by atoms with Crippen LogP contribution >= 0.6 is 0 Å². The fraction of sp³-hybridized carbons (Fsp3) is 0.316. The zero-order valence-corrected chi connectivity index (χ0v) is 17.4. The number of hydrogen-bond acceptors (Lipinski definition) is 9. The molecule has 10 nitrogen and oxygen atoms in total. The van der Waals surface area contributed by atoms with E-state index >= 15 is 0 Å². The summed E-state index contributed by atoms with van der Waals surface area (Å²) < 4.78 is 32.3. The zero-order chi connectivity index (χ0) is 22.7. The Morgan fingerprint density at radius 2 is 2.06 bits per heavy atom. The summed E-state index contributed by atoms with van der Waals surface area (Å²) >= 11 is 0. The second kappa shape index (κ2) is 9.00. The van der Waals surface area contributed by atoms with Gasteiger partial charge in [0.05, 0.1) is 32.4 Å².